The summed E-state index contributed by atoms with van der Waals surface area (Å²) in [5.41, 5.74) is 2.80. The summed E-state index contributed by atoms with van der Waals surface area (Å²) in [6, 6.07) is 4.40. The van der Waals surface area contributed by atoms with Gasteiger partial charge >= 0.3 is 5.69 Å². The molecule has 1 aliphatic rings. The second-order valence-electron chi connectivity index (χ2n) is 5.84. The topological polar surface area (TPSA) is 60.7 Å². The van der Waals surface area contributed by atoms with Crippen molar-refractivity contribution in [3.05, 3.63) is 32.7 Å². The van der Waals surface area contributed by atoms with Crippen LogP contribution in [0.3, 0.4) is 0 Å². The van der Waals surface area contributed by atoms with Crippen molar-refractivity contribution in [2.45, 2.75) is 32.2 Å². The van der Waals surface area contributed by atoms with Crippen molar-refractivity contribution in [2.75, 3.05) is 7.05 Å². The molecule has 0 amide bonds. The lowest BCUT2D eigenvalue weighted by Gasteiger charge is -2.28. The standard InChI is InChI=1S/C15H20BrN3O/c1-8-4-3-5-9(8)14(17-2)10-6-12-13(7-11(10)16)19-15(20)18-12/h6-9,14,17H,3-5H2,1-2H3,(H2,18,19,20). The quantitative estimate of drug-likeness (QED) is 0.804. The van der Waals surface area contributed by atoms with E-state index in [4.69, 9.17) is 0 Å². The molecule has 5 heteroatoms. The first-order chi connectivity index (χ1) is 9.60. The lowest BCUT2D eigenvalue weighted by molar-refractivity contribution is 0.315. The zero-order valence-corrected chi connectivity index (χ0v) is 13.4. The van der Waals surface area contributed by atoms with Gasteiger partial charge in [-0.3, -0.25) is 0 Å². The van der Waals surface area contributed by atoms with Gasteiger partial charge in [0.05, 0.1) is 11.0 Å². The van der Waals surface area contributed by atoms with E-state index in [1.165, 1.54) is 24.8 Å². The molecule has 1 aliphatic carbocycles. The molecule has 2 aromatic rings. The lowest BCUT2D eigenvalue weighted by atomic mass is 9.86. The van der Waals surface area contributed by atoms with Crippen LogP contribution in [0.2, 0.25) is 0 Å². The van der Waals surface area contributed by atoms with Gasteiger partial charge in [-0.1, -0.05) is 35.7 Å². The fourth-order valence-electron chi connectivity index (χ4n) is 3.58. The molecule has 0 aliphatic heterocycles. The summed E-state index contributed by atoms with van der Waals surface area (Å²) in [7, 11) is 2.02. The average Bonchev–Trinajstić information content (AvgIpc) is 2.96. The predicted molar refractivity (Wildman–Crippen MR) is 84.9 cm³/mol. The Bertz CT molecular complexity index is 675. The van der Waals surface area contributed by atoms with Crippen LogP contribution in [0.5, 0.6) is 0 Å². The third-order valence-electron chi connectivity index (χ3n) is 4.64. The highest BCUT2D eigenvalue weighted by Crippen LogP contribution is 2.42. The second-order valence-corrected chi connectivity index (χ2v) is 6.69. The fourth-order valence-corrected chi connectivity index (χ4v) is 4.17. The number of H-pyrrole nitrogens is 2. The molecule has 0 spiro atoms. The molecule has 4 nitrogen and oxygen atoms in total. The molecule has 1 fully saturated rings. The number of hydrogen-bond donors (Lipinski definition) is 3. The Kier molecular flexibility index (Phi) is 3.73. The van der Waals surface area contributed by atoms with Crippen molar-refractivity contribution in [3.8, 4) is 0 Å². The molecule has 1 heterocycles. The highest BCUT2D eigenvalue weighted by Gasteiger charge is 2.32. The van der Waals surface area contributed by atoms with Gasteiger partial charge in [0.15, 0.2) is 0 Å². The molecule has 0 bridgehead atoms. The van der Waals surface area contributed by atoms with Crippen LogP contribution < -0.4 is 11.0 Å². The first-order valence-electron chi connectivity index (χ1n) is 7.19. The third kappa shape index (κ3) is 2.33. The highest BCUT2D eigenvalue weighted by molar-refractivity contribution is 9.10. The average molecular weight is 338 g/mol. The second kappa shape index (κ2) is 5.37. The minimum absolute atomic E-state index is 0.153. The molecule has 3 atom stereocenters. The summed E-state index contributed by atoms with van der Waals surface area (Å²) in [5.74, 6) is 1.39. The van der Waals surface area contributed by atoms with Crippen molar-refractivity contribution < 1.29 is 0 Å². The van der Waals surface area contributed by atoms with E-state index in [9.17, 15) is 4.79 Å². The van der Waals surface area contributed by atoms with E-state index in [1.807, 2.05) is 13.1 Å². The van der Waals surface area contributed by atoms with Crippen molar-refractivity contribution in [1.29, 1.82) is 0 Å². The first kappa shape index (κ1) is 13.9. The molecule has 0 saturated heterocycles. The highest BCUT2D eigenvalue weighted by atomic mass is 79.9. The molecule has 108 valence electrons. The molecule has 1 aromatic heterocycles. The first-order valence-corrected chi connectivity index (χ1v) is 7.98. The zero-order valence-electron chi connectivity index (χ0n) is 11.8. The molecular weight excluding hydrogens is 318 g/mol. The van der Waals surface area contributed by atoms with Crippen LogP contribution in [0.25, 0.3) is 11.0 Å². The molecule has 0 radical (unpaired) electrons. The van der Waals surface area contributed by atoms with E-state index in [-0.39, 0.29) is 5.69 Å². The summed E-state index contributed by atoms with van der Waals surface area (Å²) in [4.78, 5) is 17.1. The third-order valence-corrected chi connectivity index (χ3v) is 5.32. The van der Waals surface area contributed by atoms with E-state index in [0.717, 1.165) is 21.4 Å². The summed E-state index contributed by atoms with van der Waals surface area (Å²) in [6.45, 7) is 2.34. The van der Waals surface area contributed by atoms with Gasteiger partial charge in [0.25, 0.3) is 0 Å². The van der Waals surface area contributed by atoms with Crippen LogP contribution >= 0.6 is 15.9 Å². The van der Waals surface area contributed by atoms with Gasteiger partial charge in [0, 0.05) is 10.5 Å². The van der Waals surface area contributed by atoms with Crippen LogP contribution in [0.1, 0.15) is 37.8 Å². The van der Waals surface area contributed by atoms with Crippen LogP contribution in [-0.4, -0.2) is 17.0 Å². The van der Waals surface area contributed by atoms with Crippen LogP contribution in [0, 0.1) is 11.8 Å². The number of fused-ring (bicyclic) bond motifs is 1. The number of aromatic nitrogens is 2. The summed E-state index contributed by atoms with van der Waals surface area (Å²) in [6.07, 6.45) is 3.88. The Balaban J connectivity index is 2.06. The Morgan fingerprint density at radius 1 is 1.30 bits per heavy atom. The maximum absolute atomic E-state index is 11.4. The maximum Gasteiger partial charge on any atom is 0.323 e. The Labute approximate surface area is 126 Å². The molecule has 3 rings (SSSR count). The van der Waals surface area contributed by atoms with Gasteiger partial charge in [-0.05, 0) is 43.0 Å². The normalized spacial score (nSPS) is 24.4. The Morgan fingerprint density at radius 2 is 2.00 bits per heavy atom. The molecule has 3 N–H and O–H groups in total. The summed E-state index contributed by atoms with van der Waals surface area (Å²) >= 11 is 3.66. The smallest absolute Gasteiger partial charge is 0.313 e. The van der Waals surface area contributed by atoms with E-state index >= 15 is 0 Å². The number of benzene rings is 1. The number of nitrogens with one attached hydrogen (secondary N) is 3. The van der Waals surface area contributed by atoms with Crippen molar-refractivity contribution in [1.82, 2.24) is 15.3 Å². The van der Waals surface area contributed by atoms with E-state index in [2.05, 4.69) is 44.2 Å². The molecule has 20 heavy (non-hydrogen) atoms. The summed E-state index contributed by atoms with van der Waals surface area (Å²) < 4.78 is 1.05. The van der Waals surface area contributed by atoms with Gasteiger partial charge in [-0.15, -0.1) is 0 Å². The van der Waals surface area contributed by atoms with E-state index in [1.54, 1.807) is 0 Å². The molecular formula is C15H20BrN3O. The SMILES string of the molecule is CNC(c1cc2[nH]c(=O)[nH]c2cc1Br)C1CCCC1C. The van der Waals surface area contributed by atoms with Crippen LogP contribution in [0.4, 0.5) is 0 Å². The summed E-state index contributed by atoms with van der Waals surface area (Å²) in [5, 5.41) is 3.47. The van der Waals surface area contributed by atoms with Gasteiger partial charge < -0.3 is 15.3 Å². The number of rotatable bonds is 3. The Morgan fingerprint density at radius 3 is 2.60 bits per heavy atom. The van der Waals surface area contributed by atoms with Crippen LogP contribution in [-0.2, 0) is 0 Å². The van der Waals surface area contributed by atoms with E-state index in [0.29, 0.717) is 12.0 Å². The van der Waals surface area contributed by atoms with Crippen LogP contribution in [0.15, 0.2) is 21.4 Å². The zero-order chi connectivity index (χ0) is 14.3. The van der Waals surface area contributed by atoms with E-state index < -0.39 is 0 Å². The molecule has 1 saturated carbocycles. The lowest BCUT2D eigenvalue weighted by Crippen LogP contribution is -2.27. The fraction of sp³-hybridized carbons (Fsp3) is 0.533. The van der Waals surface area contributed by atoms with Gasteiger partial charge in [0.1, 0.15) is 0 Å². The Hall–Kier alpha value is -1.07. The van der Waals surface area contributed by atoms with Crippen molar-refractivity contribution in [2.24, 2.45) is 11.8 Å². The number of halogens is 1. The van der Waals surface area contributed by atoms with Gasteiger partial charge in [-0.25, -0.2) is 4.79 Å². The maximum atomic E-state index is 11.4. The molecule has 1 aromatic carbocycles. The number of hydrogen-bond acceptors (Lipinski definition) is 2. The predicted octanol–water partition coefficient (Wildman–Crippen LogP) is 3.32. The van der Waals surface area contributed by atoms with Crippen molar-refractivity contribution in [3.63, 3.8) is 0 Å². The van der Waals surface area contributed by atoms with Gasteiger partial charge in [0.2, 0.25) is 0 Å². The number of aromatic amines is 2. The monoisotopic (exact) mass is 337 g/mol. The largest absolute Gasteiger partial charge is 0.323 e. The van der Waals surface area contributed by atoms with Crippen molar-refractivity contribution >= 4 is 27.0 Å². The number of imidazole rings is 1. The minimum atomic E-state index is -0.153. The minimum Gasteiger partial charge on any atom is -0.313 e. The molecule has 3 unspecified atom stereocenters. The van der Waals surface area contributed by atoms with Gasteiger partial charge in [-0.2, -0.15) is 0 Å².